The number of piperidine rings is 1. The SMILES string of the molecule is CN(C)S(=O)N1CCN(C(=O)c2cnc3c(F)cc(F)cc3c2N2CCC(C)(C#N)CC2)CC1. The number of nitrogens with zero attached hydrogens (tertiary/aromatic N) is 6. The lowest BCUT2D eigenvalue weighted by Gasteiger charge is -2.39. The Balaban J connectivity index is 1.69. The molecule has 0 N–H and O–H groups in total. The van der Waals surface area contributed by atoms with Crippen LogP contribution >= 0.6 is 0 Å². The Bertz CT molecular complexity index is 1170. The second-order valence-corrected chi connectivity index (χ2v) is 10.9. The fourth-order valence-electron chi connectivity index (χ4n) is 4.49. The fraction of sp³-hybridized carbons (Fsp3) is 0.522. The number of benzene rings is 1. The van der Waals surface area contributed by atoms with E-state index in [9.17, 15) is 23.0 Å². The topological polar surface area (TPSA) is 83.8 Å². The van der Waals surface area contributed by atoms with Crippen LogP contribution in [0.4, 0.5) is 14.5 Å². The Labute approximate surface area is 200 Å². The molecule has 2 aromatic rings. The van der Waals surface area contributed by atoms with Crippen LogP contribution in [0.3, 0.4) is 0 Å². The van der Waals surface area contributed by atoms with Crippen LogP contribution in [0.2, 0.25) is 0 Å². The number of fused-ring (bicyclic) bond motifs is 1. The summed E-state index contributed by atoms with van der Waals surface area (Å²) in [7, 11) is 3.46. The minimum atomic E-state index is -1.27. The molecule has 1 unspecified atom stereocenters. The lowest BCUT2D eigenvalue weighted by Crippen LogP contribution is -2.51. The van der Waals surface area contributed by atoms with E-state index in [0.717, 1.165) is 6.07 Å². The van der Waals surface area contributed by atoms with E-state index >= 15 is 0 Å². The standard InChI is InChI=1S/C23H28F2N6O2S/c1-23(15-26)4-6-29(7-5-23)21-17-12-16(24)13-19(25)20(17)27-14-18(21)22(32)30-8-10-31(11-9-30)34(33)28(2)3/h12-14H,4-11H2,1-3H3. The number of piperazine rings is 1. The summed E-state index contributed by atoms with van der Waals surface area (Å²) in [5.41, 5.74) is 0.263. The molecule has 182 valence electrons. The van der Waals surface area contributed by atoms with Crippen LogP contribution in [0.1, 0.15) is 30.1 Å². The number of nitriles is 1. The van der Waals surface area contributed by atoms with Gasteiger partial charge in [-0.25, -0.2) is 21.6 Å². The molecule has 1 aromatic carbocycles. The van der Waals surface area contributed by atoms with Crippen molar-refractivity contribution < 1.29 is 17.8 Å². The number of carbonyl (C=O) groups excluding carboxylic acids is 1. The van der Waals surface area contributed by atoms with E-state index in [-0.39, 0.29) is 22.4 Å². The number of aromatic nitrogens is 1. The summed E-state index contributed by atoms with van der Waals surface area (Å²) < 4.78 is 44.5. The fourth-order valence-corrected chi connectivity index (χ4v) is 5.43. The van der Waals surface area contributed by atoms with E-state index in [1.165, 1.54) is 12.3 Å². The second-order valence-electron chi connectivity index (χ2n) is 9.23. The molecule has 2 aliphatic rings. The predicted octanol–water partition coefficient (Wildman–Crippen LogP) is 2.54. The molecule has 1 amide bonds. The molecule has 0 spiro atoms. The number of pyridine rings is 1. The number of carbonyl (C=O) groups is 1. The lowest BCUT2D eigenvalue weighted by molar-refractivity contribution is 0.0699. The molecule has 34 heavy (non-hydrogen) atoms. The third-order valence-electron chi connectivity index (χ3n) is 6.60. The van der Waals surface area contributed by atoms with Crippen molar-refractivity contribution in [2.75, 3.05) is 58.3 Å². The smallest absolute Gasteiger partial charge is 0.257 e. The highest BCUT2D eigenvalue weighted by molar-refractivity contribution is 7.80. The average Bonchev–Trinajstić information content (AvgIpc) is 2.83. The van der Waals surface area contributed by atoms with Crippen LogP contribution in [0.15, 0.2) is 18.3 Å². The number of rotatable bonds is 4. The van der Waals surface area contributed by atoms with Crippen molar-refractivity contribution in [3.63, 3.8) is 0 Å². The number of hydrogen-bond donors (Lipinski definition) is 0. The monoisotopic (exact) mass is 490 g/mol. The van der Waals surface area contributed by atoms with Crippen LogP contribution in [0, 0.1) is 28.4 Å². The molecule has 8 nitrogen and oxygen atoms in total. The van der Waals surface area contributed by atoms with Crippen molar-refractivity contribution in [2.45, 2.75) is 19.8 Å². The van der Waals surface area contributed by atoms with E-state index in [1.807, 2.05) is 11.8 Å². The summed E-state index contributed by atoms with van der Waals surface area (Å²) in [5, 5.41) is 9.74. The predicted molar refractivity (Wildman–Crippen MR) is 126 cm³/mol. The van der Waals surface area contributed by atoms with Crippen LogP contribution in [-0.2, 0) is 11.2 Å². The van der Waals surface area contributed by atoms with Gasteiger partial charge in [0.15, 0.2) is 17.0 Å². The molecule has 3 heterocycles. The minimum Gasteiger partial charge on any atom is -0.370 e. The van der Waals surface area contributed by atoms with E-state index in [0.29, 0.717) is 57.8 Å². The van der Waals surface area contributed by atoms with E-state index in [2.05, 4.69) is 11.1 Å². The van der Waals surface area contributed by atoms with Gasteiger partial charge in [-0.1, -0.05) is 0 Å². The zero-order chi connectivity index (χ0) is 24.6. The summed E-state index contributed by atoms with van der Waals surface area (Å²) in [6.07, 6.45) is 2.52. The quantitative estimate of drug-likeness (QED) is 0.658. The van der Waals surface area contributed by atoms with Crippen LogP contribution in [-0.4, -0.2) is 82.0 Å². The van der Waals surface area contributed by atoms with Gasteiger partial charge in [0.25, 0.3) is 5.91 Å². The van der Waals surface area contributed by atoms with Gasteiger partial charge in [-0.3, -0.25) is 9.78 Å². The van der Waals surface area contributed by atoms with E-state index < -0.39 is 28.2 Å². The first-order valence-corrected chi connectivity index (χ1v) is 12.3. The molecule has 4 rings (SSSR count). The highest BCUT2D eigenvalue weighted by atomic mass is 32.2. The van der Waals surface area contributed by atoms with Gasteiger partial charge >= 0.3 is 0 Å². The maximum absolute atomic E-state index is 14.5. The molecule has 2 aliphatic heterocycles. The van der Waals surface area contributed by atoms with Crippen molar-refractivity contribution in [1.82, 2.24) is 18.5 Å². The van der Waals surface area contributed by atoms with Gasteiger partial charge in [0.1, 0.15) is 11.3 Å². The molecular formula is C23H28F2N6O2S. The molecule has 1 aromatic heterocycles. The van der Waals surface area contributed by atoms with Gasteiger partial charge in [-0.15, -0.1) is 0 Å². The Morgan fingerprint density at radius 3 is 2.38 bits per heavy atom. The highest BCUT2D eigenvalue weighted by Gasteiger charge is 2.34. The number of halogens is 2. The Morgan fingerprint density at radius 2 is 1.79 bits per heavy atom. The summed E-state index contributed by atoms with van der Waals surface area (Å²) in [4.78, 5) is 21.4. The molecule has 1 atom stereocenters. The molecule has 0 aliphatic carbocycles. The third-order valence-corrected chi connectivity index (χ3v) is 8.04. The largest absolute Gasteiger partial charge is 0.370 e. The zero-order valence-corrected chi connectivity index (χ0v) is 20.4. The minimum absolute atomic E-state index is 0.00719. The van der Waals surface area contributed by atoms with Crippen LogP contribution in [0.25, 0.3) is 10.9 Å². The molecule has 11 heteroatoms. The number of anilines is 1. The summed E-state index contributed by atoms with van der Waals surface area (Å²) >= 11 is -1.27. The molecule has 0 radical (unpaired) electrons. The van der Waals surface area contributed by atoms with Crippen molar-refractivity contribution in [3.8, 4) is 6.07 Å². The summed E-state index contributed by atoms with van der Waals surface area (Å²) in [6, 6.07) is 4.35. The molecule has 0 bridgehead atoms. The Kier molecular flexibility index (Phi) is 6.85. The normalized spacial score (nSPS) is 19.9. The van der Waals surface area contributed by atoms with Crippen molar-refractivity contribution in [2.24, 2.45) is 5.41 Å². The first-order valence-electron chi connectivity index (χ1n) is 11.2. The van der Waals surface area contributed by atoms with Gasteiger partial charge in [-0.2, -0.15) is 5.26 Å². The molecule has 2 fully saturated rings. The van der Waals surface area contributed by atoms with E-state index in [1.54, 1.807) is 27.6 Å². The van der Waals surface area contributed by atoms with Gasteiger partial charge in [0.05, 0.1) is 22.7 Å². The van der Waals surface area contributed by atoms with Crippen LogP contribution < -0.4 is 4.90 Å². The zero-order valence-electron chi connectivity index (χ0n) is 19.6. The second kappa shape index (κ2) is 9.52. The van der Waals surface area contributed by atoms with E-state index in [4.69, 9.17) is 0 Å². The lowest BCUT2D eigenvalue weighted by atomic mass is 9.81. The summed E-state index contributed by atoms with van der Waals surface area (Å²) in [5.74, 6) is -1.80. The number of amides is 1. The Hall–Kier alpha value is -2.68. The van der Waals surface area contributed by atoms with Gasteiger partial charge in [0, 0.05) is 71.0 Å². The van der Waals surface area contributed by atoms with Crippen molar-refractivity contribution in [1.29, 1.82) is 5.26 Å². The third kappa shape index (κ3) is 4.62. The first-order chi connectivity index (χ1) is 16.1. The average molecular weight is 491 g/mol. The van der Waals surface area contributed by atoms with Gasteiger partial charge in [-0.05, 0) is 25.8 Å². The Morgan fingerprint density at radius 1 is 1.15 bits per heavy atom. The van der Waals surface area contributed by atoms with Crippen molar-refractivity contribution in [3.05, 3.63) is 35.5 Å². The molecular weight excluding hydrogens is 462 g/mol. The highest BCUT2D eigenvalue weighted by Crippen LogP contribution is 2.38. The van der Waals surface area contributed by atoms with Gasteiger partial charge < -0.3 is 9.80 Å². The molecule has 0 saturated carbocycles. The van der Waals surface area contributed by atoms with Gasteiger partial charge in [0.2, 0.25) is 0 Å². The van der Waals surface area contributed by atoms with Crippen molar-refractivity contribution >= 4 is 33.7 Å². The first kappa shape index (κ1) is 24.4. The maximum Gasteiger partial charge on any atom is 0.257 e. The summed E-state index contributed by atoms with van der Waals surface area (Å²) in [6.45, 7) is 4.51. The number of hydrogen-bond acceptors (Lipinski definition) is 5. The molecule has 2 saturated heterocycles. The maximum atomic E-state index is 14.5. The van der Waals surface area contributed by atoms with Crippen LogP contribution in [0.5, 0.6) is 0 Å².